The zero-order valence-electron chi connectivity index (χ0n) is 16.0. The van der Waals surface area contributed by atoms with Gasteiger partial charge in [-0.05, 0) is 30.4 Å². The van der Waals surface area contributed by atoms with E-state index in [1.165, 1.54) is 17.3 Å². The number of nitrogens with zero attached hydrogens (tertiary/aromatic N) is 2. The van der Waals surface area contributed by atoms with Crippen LogP contribution in [0.1, 0.15) is 28.1 Å². The van der Waals surface area contributed by atoms with Gasteiger partial charge in [-0.25, -0.2) is 4.98 Å². The number of amides is 1. The highest BCUT2D eigenvalue weighted by molar-refractivity contribution is 7.98. The average Bonchev–Trinajstić information content (AvgIpc) is 3.19. The molecule has 0 saturated heterocycles. The van der Waals surface area contributed by atoms with E-state index in [2.05, 4.69) is 9.97 Å². The quantitative estimate of drug-likeness (QED) is 0.447. The summed E-state index contributed by atoms with van der Waals surface area (Å²) in [4.78, 5) is 35.1. The third-order valence-electron chi connectivity index (χ3n) is 4.41. The van der Waals surface area contributed by atoms with Crippen LogP contribution in [0.25, 0.3) is 0 Å². The van der Waals surface area contributed by atoms with Crippen LogP contribution in [0, 0.1) is 6.92 Å². The van der Waals surface area contributed by atoms with Crippen LogP contribution in [-0.4, -0.2) is 27.8 Å². The van der Waals surface area contributed by atoms with E-state index in [0.29, 0.717) is 35.8 Å². The third kappa shape index (κ3) is 5.56. The van der Waals surface area contributed by atoms with Crippen LogP contribution >= 0.6 is 23.1 Å². The van der Waals surface area contributed by atoms with Crippen molar-refractivity contribution in [3.8, 4) is 0 Å². The molecule has 3 rings (SSSR count). The van der Waals surface area contributed by atoms with Crippen LogP contribution in [0.3, 0.4) is 0 Å². The Morgan fingerprint density at radius 2 is 2.00 bits per heavy atom. The Labute approximate surface area is 172 Å². The van der Waals surface area contributed by atoms with Gasteiger partial charge in [0.1, 0.15) is 0 Å². The molecule has 0 atom stereocenters. The Kier molecular flexibility index (Phi) is 7.06. The molecule has 0 aliphatic heterocycles. The Morgan fingerprint density at radius 1 is 1.21 bits per heavy atom. The monoisotopic (exact) mass is 413 g/mol. The number of benzene rings is 1. The summed E-state index contributed by atoms with van der Waals surface area (Å²) in [5.74, 6) is 0.768. The molecule has 0 bridgehead atoms. The van der Waals surface area contributed by atoms with Crippen LogP contribution in [0.5, 0.6) is 0 Å². The number of rotatable bonds is 8. The number of aromatic nitrogens is 2. The smallest absolute Gasteiger partial charge is 0.254 e. The fourth-order valence-corrected chi connectivity index (χ4v) is 4.44. The molecule has 5 nitrogen and oxygen atoms in total. The van der Waals surface area contributed by atoms with E-state index in [1.54, 1.807) is 23.3 Å². The Hall–Kier alpha value is -2.38. The molecule has 1 aromatic carbocycles. The Balaban J connectivity index is 1.58. The second kappa shape index (κ2) is 9.71. The molecule has 0 aliphatic carbocycles. The number of thiophene rings is 1. The number of aryl methyl sites for hydroxylation is 1. The summed E-state index contributed by atoms with van der Waals surface area (Å²) in [5, 5.41) is 2.61. The molecule has 0 spiro atoms. The van der Waals surface area contributed by atoms with Crippen molar-refractivity contribution in [3.05, 3.63) is 79.9 Å². The molecule has 1 N–H and O–H groups in total. The summed E-state index contributed by atoms with van der Waals surface area (Å²) in [6.07, 6.45) is 0.690. The fraction of sp³-hybridized carbons (Fsp3) is 0.286. The number of H-pyrrole nitrogens is 1. The summed E-state index contributed by atoms with van der Waals surface area (Å²) >= 11 is 3.13. The summed E-state index contributed by atoms with van der Waals surface area (Å²) in [6, 6.07) is 14.0. The van der Waals surface area contributed by atoms with Gasteiger partial charge >= 0.3 is 0 Å². The summed E-state index contributed by atoms with van der Waals surface area (Å²) in [5.41, 5.74) is 2.29. The summed E-state index contributed by atoms with van der Waals surface area (Å²) in [6.45, 7) is 2.43. The van der Waals surface area contributed by atoms with Gasteiger partial charge < -0.3 is 9.88 Å². The predicted octanol–water partition coefficient (Wildman–Crippen LogP) is 4.02. The van der Waals surface area contributed by atoms with Gasteiger partial charge in [0.15, 0.2) is 5.16 Å². The number of nitrogens with one attached hydrogen (secondary N) is 1. The van der Waals surface area contributed by atoms with E-state index < -0.39 is 0 Å². The molecule has 1 amide bonds. The number of hydrogen-bond donors (Lipinski definition) is 1. The molecule has 3 aromatic rings. The van der Waals surface area contributed by atoms with Gasteiger partial charge in [0, 0.05) is 35.4 Å². The Morgan fingerprint density at radius 3 is 2.68 bits per heavy atom. The number of hydrogen-bond acceptors (Lipinski definition) is 5. The molecule has 0 unspecified atom stereocenters. The van der Waals surface area contributed by atoms with E-state index in [4.69, 9.17) is 0 Å². The van der Waals surface area contributed by atoms with Gasteiger partial charge in [-0.3, -0.25) is 9.59 Å². The minimum absolute atomic E-state index is 0.0229. The van der Waals surface area contributed by atoms with Gasteiger partial charge in [-0.2, -0.15) is 0 Å². The Bertz CT molecular complexity index is 969. The second-order valence-electron chi connectivity index (χ2n) is 6.54. The molecule has 2 aromatic heterocycles. The molecule has 146 valence electrons. The van der Waals surface area contributed by atoms with E-state index in [1.807, 2.05) is 54.8 Å². The zero-order chi connectivity index (χ0) is 19.9. The van der Waals surface area contributed by atoms with Crippen LogP contribution in [0.4, 0.5) is 0 Å². The van der Waals surface area contributed by atoms with Crippen molar-refractivity contribution in [2.75, 3.05) is 7.05 Å². The van der Waals surface area contributed by atoms with Gasteiger partial charge in [-0.1, -0.05) is 48.2 Å². The highest BCUT2D eigenvalue weighted by Gasteiger charge is 2.14. The molecule has 0 aliphatic rings. The van der Waals surface area contributed by atoms with Crippen LogP contribution < -0.4 is 5.56 Å². The van der Waals surface area contributed by atoms with Crippen LogP contribution in [0.2, 0.25) is 0 Å². The topological polar surface area (TPSA) is 66.1 Å². The highest BCUT2D eigenvalue weighted by atomic mass is 32.2. The van der Waals surface area contributed by atoms with Gasteiger partial charge in [0.25, 0.3) is 5.56 Å². The normalized spacial score (nSPS) is 10.8. The minimum Gasteiger partial charge on any atom is -0.341 e. The van der Waals surface area contributed by atoms with Crippen molar-refractivity contribution < 1.29 is 4.79 Å². The standard InChI is InChI=1S/C21H23N3O2S2/c1-15-18(10-11-19(25)24(2)13-17-9-6-12-27-17)20(26)23-21(22-15)28-14-16-7-4-3-5-8-16/h3-9,12H,10-11,13-14H2,1-2H3,(H,22,23,26). The molecular weight excluding hydrogens is 390 g/mol. The lowest BCUT2D eigenvalue weighted by atomic mass is 10.1. The van der Waals surface area contributed by atoms with E-state index in [-0.39, 0.29) is 11.5 Å². The molecule has 0 radical (unpaired) electrons. The predicted molar refractivity (Wildman–Crippen MR) is 115 cm³/mol. The average molecular weight is 414 g/mol. The fourth-order valence-electron chi connectivity index (χ4n) is 2.82. The molecule has 0 fully saturated rings. The number of carbonyl (C=O) groups excluding carboxylic acids is 1. The van der Waals surface area contributed by atoms with Crippen molar-refractivity contribution in [1.82, 2.24) is 14.9 Å². The second-order valence-corrected chi connectivity index (χ2v) is 8.53. The van der Waals surface area contributed by atoms with Gasteiger partial charge in [0.2, 0.25) is 5.91 Å². The van der Waals surface area contributed by atoms with Gasteiger partial charge in [0.05, 0.1) is 6.54 Å². The first kappa shape index (κ1) is 20.4. The lowest BCUT2D eigenvalue weighted by Crippen LogP contribution is -2.27. The lowest BCUT2D eigenvalue weighted by molar-refractivity contribution is -0.130. The van der Waals surface area contributed by atoms with Crippen molar-refractivity contribution in [2.45, 2.75) is 37.2 Å². The lowest BCUT2D eigenvalue weighted by Gasteiger charge is -2.16. The largest absolute Gasteiger partial charge is 0.341 e. The minimum atomic E-state index is -0.156. The zero-order valence-corrected chi connectivity index (χ0v) is 17.6. The number of carbonyl (C=O) groups is 1. The summed E-state index contributed by atoms with van der Waals surface area (Å²) < 4.78 is 0. The molecular formula is C21H23N3O2S2. The maximum atomic E-state index is 12.5. The number of aromatic amines is 1. The molecule has 28 heavy (non-hydrogen) atoms. The highest BCUT2D eigenvalue weighted by Crippen LogP contribution is 2.19. The maximum Gasteiger partial charge on any atom is 0.254 e. The molecule has 0 saturated carbocycles. The van der Waals surface area contributed by atoms with E-state index >= 15 is 0 Å². The first-order valence-corrected chi connectivity index (χ1v) is 10.9. The first-order valence-electron chi connectivity index (χ1n) is 9.06. The van der Waals surface area contributed by atoms with E-state index in [0.717, 1.165) is 10.6 Å². The van der Waals surface area contributed by atoms with Crippen molar-refractivity contribution in [3.63, 3.8) is 0 Å². The summed E-state index contributed by atoms with van der Waals surface area (Å²) in [7, 11) is 1.79. The van der Waals surface area contributed by atoms with Crippen molar-refractivity contribution in [2.24, 2.45) is 0 Å². The van der Waals surface area contributed by atoms with Crippen molar-refractivity contribution >= 4 is 29.0 Å². The van der Waals surface area contributed by atoms with E-state index in [9.17, 15) is 9.59 Å². The van der Waals surface area contributed by atoms with Crippen LogP contribution in [-0.2, 0) is 23.5 Å². The SMILES string of the molecule is Cc1nc(SCc2ccccc2)[nH]c(=O)c1CCC(=O)N(C)Cc1cccs1. The molecule has 2 heterocycles. The maximum absolute atomic E-state index is 12.5. The first-order chi connectivity index (χ1) is 13.5. The number of thioether (sulfide) groups is 1. The van der Waals surface area contributed by atoms with Gasteiger partial charge in [-0.15, -0.1) is 11.3 Å². The molecule has 7 heteroatoms. The van der Waals surface area contributed by atoms with Crippen molar-refractivity contribution in [1.29, 1.82) is 0 Å². The third-order valence-corrected chi connectivity index (χ3v) is 6.21. The van der Waals surface area contributed by atoms with Crippen LogP contribution in [0.15, 0.2) is 57.8 Å².